The summed E-state index contributed by atoms with van der Waals surface area (Å²) >= 11 is 0. The molecule has 51 heavy (non-hydrogen) atoms. The lowest BCUT2D eigenvalue weighted by Gasteiger charge is -2.35. The summed E-state index contributed by atoms with van der Waals surface area (Å²) in [5.74, 6) is 0.452. The zero-order valence-electron chi connectivity index (χ0n) is 29.4. The van der Waals surface area contributed by atoms with Crippen LogP contribution in [-0.2, 0) is 11.2 Å². The first-order valence-electron chi connectivity index (χ1n) is 17.4. The quantitative estimate of drug-likeness (QED) is 0.232. The maximum Gasteiger partial charge on any atom is 0.270 e. The zero-order chi connectivity index (χ0) is 35.6. The molecule has 1 aromatic carbocycles. The molecule has 0 radical (unpaired) electrons. The van der Waals surface area contributed by atoms with Crippen molar-refractivity contribution in [3.63, 3.8) is 0 Å². The van der Waals surface area contributed by atoms with Gasteiger partial charge in [0.1, 0.15) is 5.69 Å². The number of aromatic amines is 1. The molecule has 6 heterocycles. The van der Waals surface area contributed by atoms with Crippen LogP contribution in [0.4, 0.5) is 10.2 Å². The highest BCUT2D eigenvalue weighted by atomic mass is 19.1. The number of pyridine rings is 1. The van der Waals surface area contributed by atoms with Crippen molar-refractivity contribution >= 4 is 34.1 Å². The second-order valence-corrected chi connectivity index (χ2v) is 13.1. The molecule has 1 fully saturated rings. The molecule has 268 valence electrons. The Hall–Kier alpha value is -5.50. The Balaban J connectivity index is 0.00000464. The predicted octanol–water partition coefficient (Wildman–Crippen LogP) is 4.36. The summed E-state index contributed by atoms with van der Waals surface area (Å²) in [4.78, 5) is 49.6. The van der Waals surface area contributed by atoms with E-state index in [2.05, 4.69) is 48.8 Å². The molecule has 0 atom stereocenters. The third-order valence-corrected chi connectivity index (χ3v) is 9.75. The average Bonchev–Trinajstić information content (AvgIpc) is 3.85. The van der Waals surface area contributed by atoms with E-state index >= 15 is 4.39 Å². The van der Waals surface area contributed by atoms with Crippen LogP contribution in [-0.4, -0.2) is 99.5 Å². The van der Waals surface area contributed by atoms with Crippen LogP contribution >= 0.6 is 0 Å². The first-order chi connectivity index (χ1) is 24.7. The predicted molar refractivity (Wildman–Crippen MR) is 195 cm³/mol. The third-order valence-electron chi connectivity index (χ3n) is 9.75. The van der Waals surface area contributed by atoms with Gasteiger partial charge in [0.15, 0.2) is 11.6 Å². The number of aryl methyl sites for hydroxylation is 3. The molecule has 0 spiro atoms. The standard InChI is InChI=1S/C37H43FN10O3.H2/c1-5-25-17-23(2)39-21-30(25)28-18-27(26-7-6-10-47(22-26)32(49)8-11-48-12-9-41-44-48)33(38)34-29(28)19-31(43-34)37(50)46-15-13-45(14-16-46)35-36(51-4)42-24(3)20-40-35;/h7,9,12,17-21,41,43-44H,5-6,8,10-11,13-16,22H2,1-4H3;1H. The van der Waals surface area contributed by atoms with Gasteiger partial charge in [0.25, 0.3) is 11.8 Å². The number of halogens is 1. The second-order valence-electron chi connectivity index (χ2n) is 13.1. The number of carbonyl (C=O) groups is 2. The van der Waals surface area contributed by atoms with Crippen molar-refractivity contribution in [1.82, 2.24) is 45.7 Å². The molecule has 3 N–H and O–H groups in total. The number of hydrogen-bond donors (Lipinski definition) is 3. The molecule has 3 aliphatic rings. The monoisotopic (exact) mass is 696 g/mol. The number of fused-ring (bicyclic) bond motifs is 1. The average molecular weight is 697 g/mol. The van der Waals surface area contributed by atoms with Crippen molar-refractivity contribution in [2.45, 2.75) is 40.0 Å². The molecule has 3 aliphatic heterocycles. The first-order valence-corrected chi connectivity index (χ1v) is 17.4. The highest BCUT2D eigenvalue weighted by Crippen LogP contribution is 2.38. The van der Waals surface area contributed by atoms with Crippen molar-refractivity contribution in [3.8, 4) is 17.0 Å². The molecule has 0 aliphatic carbocycles. The minimum absolute atomic E-state index is 0. The lowest BCUT2D eigenvalue weighted by atomic mass is 9.91. The van der Waals surface area contributed by atoms with Gasteiger partial charge in [0, 0.05) is 94.5 Å². The van der Waals surface area contributed by atoms with E-state index in [1.54, 1.807) is 40.4 Å². The van der Waals surface area contributed by atoms with Crippen molar-refractivity contribution < 1.29 is 20.1 Å². The highest BCUT2D eigenvalue weighted by molar-refractivity contribution is 6.05. The van der Waals surface area contributed by atoms with E-state index in [-0.39, 0.29) is 18.8 Å². The number of H-pyrrole nitrogens is 1. The number of hydrogen-bond acceptors (Lipinski definition) is 10. The molecular formula is C37H45FN10O3. The topological polar surface area (TPSA) is 135 Å². The van der Waals surface area contributed by atoms with Crippen molar-refractivity contribution in [2.24, 2.45) is 0 Å². The van der Waals surface area contributed by atoms with Gasteiger partial charge < -0.3 is 29.8 Å². The smallest absolute Gasteiger partial charge is 0.270 e. The Morgan fingerprint density at radius 2 is 1.80 bits per heavy atom. The van der Waals surface area contributed by atoms with E-state index in [9.17, 15) is 9.59 Å². The summed E-state index contributed by atoms with van der Waals surface area (Å²) in [5.41, 5.74) is 12.0. The largest absolute Gasteiger partial charge is 0.478 e. The highest BCUT2D eigenvalue weighted by Gasteiger charge is 2.29. The van der Waals surface area contributed by atoms with Gasteiger partial charge in [-0.2, -0.15) is 0 Å². The fourth-order valence-corrected chi connectivity index (χ4v) is 7.02. The van der Waals surface area contributed by atoms with Gasteiger partial charge in [-0.1, -0.05) is 13.0 Å². The minimum Gasteiger partial charge on any atom is -0.478 e. The second kappa shape index (κ2) is 14.4. The van der Waals surface area contributed by atoms with Gasteiger partial charge in [0.05, 0.1) is 24.5 Å². The van der Waals surface area contributed by atoms with Crippen LogP contribution in [0.15, 0.2) is 49.1 Å². The number of nitrogens with one attached hydrogen (secondary N) is 3. The summed E-state index contributed by atoms with van der Waals surface area (Å²) < 4.78 is 22.2. The number of benzene rings is 1. The third kappa shape index (κ3) is 6.83. The van der Waals surface area contributed by atoms with Crippen LogP contribution in [0.5, 0.6) is 5.88 Å². The van der Waals surface area contributed by atoms with Crippen LogP contribution < -0.4 is 20.6 Å². The molecule has 0 saturated carbocycles. The van der Waals surface area contributed by atoms with E-state index in [0.717, 1.165) is 40.1 Å². The fourth-order valence-electron chi connectivity index (χ4n) is 7.02. The number of piperazine rings is 1. The number of aromatic nitrogens is 4. The number of anilines is 1. The number of nitrogens with zero attached hydrogens (tertiary/aromatic N) is 7. The summed E-state index contributed by atoms with van der Waals surface area (Å²) in [6.07, 6.45) is 10.8. The number of rotatable bonds is 9. The molecule has 14 heteroatoms. The summed E-state index contributed by atoms with van der Waals surface area (Å²) in [7, 11) is 1.57. The van der Waals surface area contributed by atoms with E-state index in [4.69, 9.17) is 4.74 Å². The van der Waals surface area contributed by atoms with Gasteiger partial charge in [-0.05, 0) is 61.6 Å². The Labute approximate surface area is 297 Å². The van der Waals surface area contributed by atoms with E-state index < -0.39 is 5.82 Å². The van der Waals surface area contributed by atoms with Gasteiger partial charge in [-0.15, -0.1) is 5.53 Å². The Morgan fingerprint density at radius 1 is 0.980 bits per heavy atom. The SMILES string of the molecule is CCc1cc(C)ncc1-c1cc(C2=CCCN(C(=O)CCN3C=CNN3)C2)c(F)c2[nH]c(C(=O)N3CCN(c4ncc(C)nc4OC)CC3)cc12.[HH]. The van der Waals surface area contributed by atoms with Gasteiger partial charge >= 0.3 is 0 Å². The van der Waals surface area contributed by atoms with Crippen LogP contribution in [0.25, 0.3) is 27.6 Å². The van der Waals surface area contributed by atoms with Crippen LogP contribution in [0.2, 0.25) is 0 Å². The Kier molecular flexibility index (Phi) is 9.58. The lowest BCUT2D eigenvalue weighted by Crippen LogP contribution is -2.49. The Bertz CT molecular complexity index is 2040. The van der Waals surface area contributed by atoms with E-state index in [1.807, 2.05) is 38.4 Å². The van der Waals surface area contributed by atoms with Gasteiger partial charge in [0.2, 0.25) is 5.91 Å². The van der Waals surface area contributed by atoms with Crippen LogP contribution in [0.3, 0.4) is 0 Å². The van der Waals surface area contributed by atoms with Gasteiger partial charge in [-0.25, -0.2) is 14.4 Å². The van der Waals surface area contributed by atoms with Gasteiger partial charge in [-0.3, -0.25) is 19.6 Å². The fraction of sp³-hybridized carbons (Fsp3) is 0.378. The van der Waals surface area contributed by atoms with Crippen molar-refractivity contribution in [3.05, 3.63) is 83.1 Å². The number of carbonyl (C=O) groups excluding carboxylic acids is 2. The summed E-state index contributed by atoms with van der Waals surface area (Å²) in [6, 6.07) is 5.68. The molecule has 4 aromatic rings. The Morgan fingerprint density at radius 3 is 2.55 bits per heavy atom. The van der Waals surface area contributed by atoms with Crippen LogP contribution in [0.1, 0.15) is 54.2 Å². The minimum atomic E-state index is -0.446. The summed E-state index contributed by atoms with van der Waals surface area (Å²) in [6.45, 7) is 9.26. The van der Waals surface area contributed by atoms with Crippen molar-refractivity contribution in [1.29, 1.82) is 0 Å². The molecule has 2 amide bonds. The molecule has 7 rings (SSSR count). The summed E-state index contributed by atoms with van der Waals surface area (Å²) in [5, 5.41) is 2.42. The molecular weight excluding hydrogens is 651 g/mol. The van der Waals surface area contributed by atoms with Crippen molar-refractivity contribution in [2.75, 3.05) is 57.8 Å². The number of ether oxygens (including phenoxy) is 1. The molecule has 0 bridgehead atoms. The number of methoxy groups -OCH3 is 1. The maximum atomic E-state index is 16.8. The molecule has 0 unspecified atom stereocenters. The normalized spacial score (nSPS) is 16.1. The van der Waals surface area contributed by atoms with E-state index in [0.29, 0.717) is 87.0 Å². The molecule has 13 nitrogen and oxygen atoms in total. The maximum absolute atomic E-state index is 16.8. The lowest BCUT2D eigenvalue weighted by molar-refractivity contribution is -0.131. The molecule has 1 saturated heterocycles. The van der Waals surface area contributed by atoms with E-state index in [1.165, 1.54) is 0 Å². The number of amides is 2. The van der Waals surface area contributed by atoms with Crippen LogP contribution in [0, 0.1) is 19.7 Å². The zero-order valence-corrected chi connectivity index (χ0v) is 29.4. The number of hydrazine groups is 2. The molecule has 3 aromatic heterocycles. The first kappa shape index (κ1) is 34.0.